The van der Waals surface area contributed by atoms with Crippen molar-refractivity contribution >= 4 is 22.5 Å². The molecule has 1 atom stereocenters. The van der Waals surface area contributed by atoms with E-state index in [1.165, 1.54) is 10.9 Å². The molecule has 0 radical (unpaired) electrons. The van der Waals surface area contributed by atoms with E-state index in [-0.39, 0.29) is 12.0 Å². The van der Waals surface area contributed by atoms with Crippen LogP contribution in [0.2, 0.25) is 0 Å². The fourth-order valence-corrected chi connectivity index (χ4v) is 2.94. The Morgan fingerprint density at radius 1 is 1.43 bits per heavy atom. The minimum Gasteiger partial charge on any atom is -0.378 e. The summed E-state index contributed by atoms with van der Waals surface area (Å²) in [5, 5.41) is 4.14. The van der Waals surface area contributed by atoms with Gasteiger partial charge >= 0.3 is 0 Å². The molecule has 1 fully saturated rings. The Kier molecular flexibility index (Phi) is 4.25. The maximum atomic E-state index is 12.0. The molecule has 0 saturated carbocycles. The number of benzene rings is 1. The zero-order chi connectivity index (χ0) is 14.7. The van der Waals surface area contributed by atoms with Gasteiger partial charge in [-0.3, -0.25) is 4.79 Å². The Labute approximate surface area is 125 Å². The third-order valence-electron chi connectivity index (χ3n) is 3.96. The molecule has 1 N–H and O–H groups in total. The van der Waals surface area contributed by atoms with Crippen LogP contribution >= 0.6 is 0 Å². The van der Waals surface area contributed by atoms with Crippen LogP contribution in [0.4, 0.5) is 5.69 Å². The van der Waals surface area contributed by atoms with E-state index in [0.29, 0.717) is 6.42 Å². The van der Waals surface area contributed by atoms with E-state index in [1.807, 2.05) is 12.1 Å². The molecule has 1 aliphatic rings. The zero-order valence-corrected chi connectivity index (χ0v) is 12.5. The number of carbonyl (C=O) groups is 1. The molecule has 0 bridgehead atoms. The number of carbonyl (C=O) groups excluding carboxylic acids is 1. The molecule has 1 aromatic heterocycles. The van der Waals surface area contributed by atoms with Crippen LogP contribution in [-0.2, 0) is 16.1 Å². The summed E-state index contributed by atoms with van der Waals surface area (Å²) < 4.78 is 7.74. The second-order valence-electron chi connectivity index (χ2n) is 5.67. The number of aryl methyl sites for hydroxylation is 1. The van der Waals surface area contributed by atoms with Gasteiger partial charge in [-0.25, -0.2) is 0 Å². The second kappa shape index (κ2) is 6.31. The van der Waals surface area contributed by atoms with Gasteiger partial charge in [-0.1, -0.05) is 6.92 Å². The maximum absolute atomic E-state index is 12.0. The lowest BCUT2D eigenvalue weighted by atomic mass is 10.1. The quantitative estimate of drug-likeness (QED) is 0.913. The van der Waals surface area contributed by atoms with Gasteiger partial charge in [-0.05, 0) is 43.5 Å². The summed E-state index contributed by atoms with van der Waals surface area (Å²) in [6.07, 6.45) is 5.82. The summed E-state index contributed by atoms with van der Waals surface area (Å²) in [6, 6.07) is 8.18. The molecule has 112 valence electrons. The van der Waals surface area contributed by atoms with Gasteiger partial charge in [-0.2, -0.15) is 0 Å². The van der Waals surface area contributed by atoms with Crippen LogP contribution in [0.1, 0.15) is 32.6 Å². The summed E-state index contributed by atoms with van der Waals surface area (Å²) >= 11 is 0. The van der Waals surface area contributed by atoms with Crippen LogP contribution in [0.3, 0.4) is 0 Å². The molecule has 3 rings (SSSR count). The summed E-state index contributed by atoms with van der Waals surface area (Å²) in [7, 11) is 0. The molecule has 2 aromatic rings. The lowest BCUT2D eigenvalue weighted by Gasteiger charge is -2.10. The molecule has 1 amide bonds. The highest BCUT2D eigenvalue weighted by Crippen LogP contribution is 2.22. The van der Waals surface area contributed by atoms with E-state index >= 15 is 0 Å². The Hall–Kier alpha value is -1.81. The highest BCUT2D eigenvalue weighted by molar-refractivity contribution is 5.94. The van der Waals surface area contributed by atoms with Gasteiger partial charge in [0.2, 0.25) is 5.91 Å². The number of anilines is 1. The molecule has 1 aromatic carbocycles. The number of amides is 1. The van der Waals surface area contributed by atoms with Gasteiger partial charge in [0, 0.05) is 35.9 Å². The van der Waals surface area contributed by atoms with E-state index in [9.17, 15) is 4.79 Å². The summed E-state index contributed by atoms with van der Waals surface area (Å²) in [5.74, 6) is 0.0363. The van der Waals surface area contributed by atoms with Crippen LogP contribution < -0.4 is 5.32 Å². The first-order valence-electron chi connectivity index (χ1n) is 7.76. The number of nitrogens with zero attached hydrogens (tertiary/aromatic N) is 1. The SMILES string of the molecule is CCCn1ccc2cc(NC(=O)C[C@@H]3CCCO3)ccc21. The smallest absolute Gasteiger partial charge is 0.226 e. The van der Waals surface area contributed by atoms with E-state index in [2.05, 4.69) is 35.1 Å². The summed E-state index contributed by atoms with van der Waals surface area (Å²) in [6.45, 7) is 3.98. The topological polar surface area (TPSA) is 43.3 Å². The van der Waals surface area contributed by atoms with Crippen molar-refractivity contribution in [3.63, 3.8) is 0 Å². The van der Waals surface area contributed by atoms with E-state index < -0.39 is 0 Å². The van der Waals surface area contributed by atoms with Gasteiger partial charge in [-0.15, -0.1) is 0 Å². The van der Waals surface area contributed by atoms with Crippen molar-refractivity contribution < 1.29 is 9.53 Å². The molecule has 0 aliphatic carbocycles. The van der Waals surface area contributed by atoms with Crippen LogP contribution in [0.25, 0.3) is 10.9 Å². The minimum absolute atomic E-state index is 0.0363. The number of aromatic nitrogens is 1. The van der Waals surface area contributed by atoms with Crippen molar-refractivity contribution in [1.82, 2.24) is 4.57 Å². The maximum Gasteiger partial charge on any atom is 0.226 e. The largest absolute Gasteiger partial charge is 0.378 e. The molecule has 4 nitrogen and oxygen atoms in total. The number of hydrogen-bond donors (Lipinski definition) is 1. The second-order valence-corrected chi connectivity index (χ2v) is 5.67. The average Bonchev–Trinajstić information content (AvgIpc) is 3.09. The average molecular weight is 286 g/mol. The van der Waals surface area contributed by atoms with Gasteiger partial charge in [0.25, 0.3) is 0 Å². The minimum atomic E-state index is 0.0363. The van der Waals surface area contributed by atoms with Crippen molar-refractivity contribution in [2.75, 3.05) is 11.9 Å². The number of fused-ring (bicyclic) bond motifs is 1. The first kappa shape index (κ1) is 14.1. The van der Waals surface area contributed by atoms with Crippen LogP contribution in [0.5, 0.6) is 0 Å². The first-order valence-corrected chi connectivity index (χ1v) is 7.76. The third-order valence-corrected chi connectivity index (χ3v) is 3.96. The Morgan fingerprint density at radius 3 is 3.10 bits per heavy atom. The standard InChI is InChI=1S/C17H22N2O2/c1-2-8-19-9-7-13-11-14(5-6-16(13)19)18-17(20)12-15-4-3-10-21-15/h5-7,9,11,15H,2-4,8,10,12H2,1H3,(H,18,20)/t15-/m0/s1. The van der Waals surface area contributed by atoms with Crippen molar-refractivity contribution in [2.24, 2.45) is 0 Å². The van der Waals surface area contributed by atoms with Crippen molar-refractivity contribution in [2.45, 2.75) is 45.3 Å². The molecular formula is C17H22N2O2. The first-order chi connectivity index (χ1) is 10.3. The normalized spacial score (nSPS) is 18.2. The molecular weight excluding hydrogens is 264 g/mol. The monoisotopic (exact) mass is 286 g/mol. The molecule has 21 heavy (non-hydrogen) atoms. The van der Waals surface area contributed by atoms with Crippen molar-refractivity contribution in [3.8, 4) is 0 Å². The predicted octanol–water partition coefficient (Wildman–Crippen LogP) is 3.56. The summed E-state index contributed by atoms with van der Waals surface area (Å²) in [4.78, 5) is 12.0. The molecule has 0 spiro atoms. The highest BCUT2D eigenvalue weighted by Gasteiger charge is 2.19. The summed E-state index contributed by atoms with van der Waals surface area (Å²) in [5.41, 5.74) is 2.08. The van der Waals surface area contributed by atoms with Gasteiger partial charge in [0.05, 0.1) is 12.5 Å². The fourth-order valence-electron chi connectivity index (χ4n) is 2.94. The van der Waals surface area contributed by atoms with Gasteiger partial charge in [0.15, 0.2) is 0 Å². The van der Waals surface area contributed by atoms with Gasteiger partial charge < -0.3 is 14.6 Å². The van der Waals surface area contributed by atoms with Crippen molar-refractivity contribution in [3.05, 3.63) is 30.5 Å². The van der Waals surface area contributed by atoms with Crippen molar-refractivity contribution in [1.29, 1.82) is 0 Å². The lowest BCUT2D eigenvalue weighted by Crippen LogP contribution is -2.19. The molecule has 0 unspecified atom stereocenters. The number of nitrogens with one attached hydrogen (secondary N) is 1. The van der Waals surface area contributed by atoms with E-state index in [1.54, 1.807) is 0 Å². The zero-order valence-electron chi connectivity index (χ0n) is 12.5. The Balaban J connectivity index is 1.67. The van der Waals surface area contributed by atoms with Crippen LogP contribution in [-0.4, -0.2) is 23.2 Å². The number of rotatable bonds is 5. The van der Waals surface area contributed by atoms with E-state index in [4.69, 9.17) is 4.74 Å². The number of hydrogen-bond acceptors (Lipinski definition) is 2. The van der Waals surface area contributed by atoms with Gasteiger partial charge in [0.1, 0.15) is 0 Å². The lowest BCUT2D eigenvalue weighted by molar-refractivity contribution is -0.118. The molecule has 1 saturated heterocycles. The molecule has 2 heterocycles. The Morgan fingerprint density at radius 2 is 2.33 bits per heavy atom. The number of ether oxygens (including phenoxy) is 1. The van der Waals surface area contributed by atoms with E-state index in [0.717, 1.165) is 38.1 Å². The third kappa shape index (κ3) is 3.27. The fraction of sp³-hybridized carbons (Fsp3) is 0.471. The van der Waals surface area contributed by atoms with Crippen LogP contribution in [0, 0.1) is 0 Å². The predicted molar refractivity (Wildman–Crippen MR) is 84.4 cm³/mol. The highest BCUT2D eigenvalue weighted by atomic mass is 16.5. The Bertz CT molecular complexity index is 627. The van der Waals surface area contributed by atoms with Crippen LogP contribution in [0.15, 0.2) is 30.5 Å². The molecule has 4 heteroatoms. The molecule has 1 aliphatic heterocycles.